The molecule has 0 fully saturated rings. The number of nitrogens with zero attached hydrogens (tertiary/aromatic N) is 3. The van der Waals surface area contributed by atoms with Crippen LogP contribution in [0.1, 0.15) is 37.1 Å². The Morgan fingerprint density at radius 1 is 1.21 bits per heavy atom. The maximum Gasteiger partial charge on any atom is 0.314 e. The molecule has 2 N–H and O–H groups in total. The molecule has 0 saturated heterocycles. The van der Waals surface area contributed by atoms with Gasteiger partial charge in [0.25, 0.3) is 0 Å². The highest BCUT2D eigenvalue weighted by Crippen LogP contribution is 2.36. The highest BCUT2D eigenvalue weighted by Gasteiger charge is 2.26. The second kappa shape index (κ2) is 9.93. The lowest BCUT2D eigenvalue weighted by atomic mass is 10.2. The molecule has 1 aliphatic heterocycles. The van der Waals surface area contributed by atoms with Crippen LogP contribution in [-0.4, -0.2) is 52.7 Å². The molecular formula is C21H29N5O2S. The minimum Gasteiger partial charge on any atom is -0.348 e. The van der Waals surface area contributed by atoms with Crippen molar-refractivity contribution < 1.29 is 9.59 Å². The Morgan fingerprint density at radius 3 is 2.72 bits per heavy atom. The first-order chi connectivity index (χ1) is 14.0. The Labute approximate surface area is 176 Å². The Morgan fingerprint density at radius 2 is 2.00 bits per heavy atom. The van der Waals surface area contributed by atoms with E-state index in [0.717, 1.165) is 60.1 Å². The molecule has 1 aliphatic rings. The van der Waals surface area contributed by atoms with Crippen LogP contribution in [0.2, 0.25) is 0 Å². The lowest BCUT2D eigenvalue weighted by molar-refractivity contribution is -0.136. The highest BCUT2D eigenvalue weighted by atomic mass is 32.2. The number of carbonyl (C=O) groups is 2. The van der Waals surface area contributed by atoms with Gasteiger partial charge < -0.3 is 15.5 Å². The van der Waals surface area contributed by atoms with Gasteiger partial charge in [0.15, 0.2) is 0 Å². The molecule has 2 amide bonds. The molecule has 0 radical (unpaired) electrons. The molecule has 156 valence electrons. The molecule has 3 rings (SSSR count). The number of anilines is 1. The van der Waals surface area contributed by atoms with Crippen LogP contribution in [-0.2, 0) is 21.1 Å². The molecule has 8 heteroatoms. The van der Waals surface area contributed by atoms with Crippen molar-refractivity contribution in [2.45, 2.75) is 38.7 Å². The Balaban J connectivity index is 1.66. The van der Waals surface area contributed by atoms with Crippen LogP contribution < -0.4 is 10.6 Å². The molecule has 2 heterocycles. The Hall–Kier alpha value is -2.32. The lowest BCUT2D eigenvalue weighted by Crippen LogP contribution is -2.37. The average molecular weight is 416 g/mol. The maximum absolute atomic E-state index is 12.5. The predicted molar refractivity (Wildman–Crippen MR) is 117 cm³/mol. The smallest absolute Gasteiger partial charge is 0.314 e. The predicted octanol–water partition coefficient (Wildman–Crippen LogP) is 2.71. The van der Waals surface area contributed by atoms with E-state index in [-0.39, 0.29) is 0 Å². The van der Waals surface area contributed by atoms with E-state index >= 15 is 0 Å². The number of amides is 2. The van der Waals surface area contributed by atoms with Gasteiger partial charge in [0, 0.05) is 23.6 Å². The molecule has 0 bridgehead atoms. The zero-order valence-electron chi connectivity index (χ0n) is 17.3. The second-order valence-corrected chi connectivity index (χ2v) is 8.09. The number of rotatable bonds is 8. The number of benzene rings is 1. The van der Waals surface area contributed by atoms with Gasteiger partial charge >= 0.3 is 11.8 Å². The SMILES string of the molecule is CCN(CC)CCCNC(=O)C(=O)Nc1c2c(nn1-c1cccc(C)c1)CSC2. The summed E-state index contributed by atoms with van der Waals surface area (Å²) in [6.45, 7) is 9.59. The number of hydrogen-bond acceptors (Lipinski definition) is 5. The molecule has 0 aliphatic carbocycles. The van der Waals surface area contributed by atoms with E-state index in [4.69, 9.17) is 0 Å². The van der Waals surface area contributed by atoms with E-state index in [2.05, 4.69) is 34.5 Å². The molecule has 29 heavy (non-hydrogen) atoms. The molecule has 0 saturated carbocycles. The van der Waals surface area contributed by atoms with Crippen LogP contribution in [0.5, 0.6) is 0 Å². The maximum atomic E-state index is 12.5. The third-order valence-electron chi connectivity index (χ3n) is 5.07. The topological polar surface area (TPSA) is 79.3 Å². The van der Waals surface area contributed by atoms with Gasteiger partial charge in [-0.2, -0.15) is 16.9 Å². The molecule has 1 aromatic carbocycles. The van der Waals surface area contributed by atoms with Crippen molar-refractivity contribution in [2.75, 3.05) is 31.5 Å². The van der Waals surface area contributed by atoms with E-state index in [9.17, 15) is 9.59 Å². The van der Waals surface area contributed by atoms with Crippen LogP contribution in [0.15, 0.2) is 24.3 Å². The third-order valence-corrected chi connectivity index (χ3v) is 6.04. The zero-order valence-corrected chi connectivity index (χ0v) is 18.1. The van der Waals surface area contributed by atoms with Crippen molar-refractivity contribution in [1.82, 2.24) is 20.0 Å². The van der Waals surface area contributed by atoms with E-state index < -0.39 is 11.8 Å². The number of fused-ring (bicyclic) bond motifs is 1. The summed E-state index contributed by atoms with van der Waals surface area (Å²) in [5.41, 5.74) is 3.95. The highest BCUT2D eigenvalue weighted by molar-refractivity contribution is 7.98. The van der Waals surface area contributed by atoms with Gasteiger partial charge in [0.1, 0.15) is 5.82 Å². The van der Waals surface area contributed by atoms with Crippen LogP contribution in [0.4, 0.5) is 5.82 Å². The molecular weight excluding hydrogens is 386 g/mol. The summed E-state index contributed by atoms with van der Waals surface area (Å²) < 4.78 is 1.74. The number of carbonyl (C=O) groups excluding carboxylic acids is 2. The van der Waals surface area contributed by atoms with Crippen molar-refractivity contribution in [1.29, 1.82) is 0 Å². The van der Waals surface area contributed by atoms with Crippen molar-refractivity contribution in [3.8, 4) is 5.69 Å². The molecule has 2 aromatic rings. The Bertz CT molecular complexity index is 876. The zero-order chi connectivity index (χ0) is 20.8. The van der Waals surface area contributed by atoms with Crippen molar-refractivity contribution in [3.05, 3.63) is 41.1 Å². The number of nitrogens with one attached hydrogen (secondary N) is 2. The number of aromatic nitrogens is 2. The molecule has 0 unspecified atom stereocenters. The van der Waals surface area contributed by atoms with E-state index in [1.165, 1.54) is 0 Å². The molecule has 7 nitrogen and oxygen atoms in total. The van der Waals surface area contributed by atoms with Crippen LogP contribution in [0.3, 0.4) is 0 Å². The van der Waals surface area contributed by atoms with E-state index in [0.29, 0.717) is 12.4 Å². The monoisotopic (exact) mass is 415 g/mol. The molecule has 0 atom stereocenters. The standard InChI is InChI=1S/C21H29N5O2S/c1-4-25(5-2)11-7-10-22-20(27)21(28)23-19-17-13-29-14-18(17)24-26(19)16-9-6-8-15(3)12-16/h6,8-9,12H,4-5,7,10-11,13-14H2,1-3H3,(H,22,27)(H,23,28). The number of thioether (sulfide) groups is 1. The first-order valence-corrected chi connectivity index (χ1v) is 11.3. The molecule has 1 aromatic heterocycles. The summed E-state index contributed by atoms with van der Waals surface area (Å²) in [6.07, 6.45) is 0.813. The normalized spacial score (nSPS) is 12.8. The van der Waals surface area contributed by atoms with Crippen LogP contribution >= 0.6 is 11.8 Å². The van der Waals surface area contributed by atoms with Gasteiger partial charge in [0.2, 0.25) is 0 Å². The van der Waals surface area contributed by atoms with Gasteiger partial charge in [-0.1, -0.05) is 26.0 Å². The summed E-state index contributed by atoms with van der Waals surface area (Å²) in [5, 5.41) is 10.2. The van der Waals surface area contributed by atoms with Crippen LogP contribution in [0, 0.1) is 6.92 Å². The summed E-state index contributed by atoms with van der Waals surface area (Å²) in [7, 11) is 0. The summed E-state index contributed by atoms with van der Waals surface area (Å²) in [5.74, 6) is 0.928. The fraction of sp³-hybridized carbons (Fsp3) is 0.476. The van der Waals surface area contributed by atoms with Gasteiger partial charge in [0.05, 0.1) is 11.4 Å². The molecule has 0 spiro atoms. The van der Waals surface area contributed by atoms with E-state index in [1.54, 1.807) is 16.4 Å². The minimum atomic E-state index is -0.652. The average Bonchev–Trinajstić information content (AvgIpc) is 3.30. The third kappa shape index (κ3) is 5.19. The number of aryl methyl sites for hydroxylation is 1. The van der Waals surface area contributed by atoms with Crippen molar-refractivity contribution in [2.24, 2.45) is 0 Å². The van der Waals surface area contributed by atoms with Gasteiger partial charge in [-0.15, -0.1) is 0 Å². The van der Waals surface area contributed by atoms with Crippen molar-refractivity contribution >= 4 is 29.4 Å². The minimum absolute atomic E-state index is 0.480. The van der Waals surface area contributed by atoms with Crippen LogP contribution in [0.25, 0.3) is 5.69 Å². The quantitative estimate of drug-likeness (QED) is 0.512. The first-order valence-electron chi connectivity index (χ1n) is 10.1. The summed E-state index contributed by atoms with van der Waals surface area (Å²) in [6, 6.07) is 7.93. The lowest BCUT2D eigenvalue weighted by Gasteiger charge is -2.17. The van der Waals surface area contributed by atoms with Crippen molar-refractivity contribution in [3.63, 3.8) is 0 Å². The summed E-state index contributed by atoms with van der Waals surface area (Å²) >= 11 is 1.76. The first kappa shape index (κ1) is 21.4. The fourth-order valence-electron chi connectivity index (χ4n) is 3.38. The van der Waals surface area contributed by atoms with E-state index in [1.807, 2.05) is 31.2 Å². The van der Waals surface area contributed by atoms with Gasteiger partial charge in [-0.05, 0) is 50.7 Å². The van der Waals surface area contributed by atoms with Gasteiger partial charge in [-0.3, -0.25) is 9.59 Å². The fourth-order valence-corrected chi connectivity index (χ4v) is 4.41. The largest absolute Gasteiger partial charge is 0.348 e. The number of hydrogen-bond donors (Lipinski definition) is 2. The van der Waals surface area contributed by atoms with Gasteiger partial charge in [-0.25, -0.2) is 4.68 Å². The second-order valence-electron chi connectivity index (χ2n) is 7.11. The Kier molecular flexibility index (Phi) is 7.33. The summed E-state index contributed by atoms with van der Waals surface area (Å²) in [4.78, 5) is 27.1.